The lowest BCUT2D eigenvalue weighted by atomic mass is 9.94. The molecule has 5 heteroatoms. The fourth-order valence-electron chi connectivity index (χ4n) is 2.64. The highest BCUT2D eigenvalue weighted by molar-refractivity contribution is 6.15. The summed E-state index contributed by atoms with van der Waals surface area (Å²) in [5.41, 5.74) is 2.48. The maximum atomic E-state index is 12.6. The van der Waals surface area contributed by atoms with Crippen molar-refractivity contribution in [3.05, 3.63) is 65.2 Å². The Morgan fingerprint density at radius 2 is 1.77 bits per heavy atom. The van der Waals surface area contributed by atoms with Gasteiger partial charge >= 0.3 is 5.97 Å². The minimum absolute atomic E-state index is 0.0130. The number of fused-ring (bicyclic) bond motifs is 2. The van der Waals surface area contributed by atoms with Crippen LogP contribution in [0.2, 0.25) is 0 Å². The number of benzene rings is 2. The smallest absolute Gasteiger partial charge is 0.328 e. The Hall–Kier alpha value is -3.08. The Kier molecular flexibility index (Phi) is 3.18. The minimum atomic E-state index is -1.10. The van der Waals surface area contributed by atoms with Crippen LogP contribution in [0.4, 0.5) is 5.69 Å². The second kappa shape index (κ2) is 5.04. The number of carboxylic acids is 1. The first kappa shape index (κ1) is 13.9. The third-order valence-electron chi connectivity index (χ3n) is 3.65. The van der Waals surface area contributed by atoms with Crippen molar-refractivity contribution in [2.75, 3.05) is 11.9 Å². The predicted octanol–water partition coefficient (Wildman–Crippen LogP) is 2.50. The summed E-state index contributed by atoms with van der Waals surface area (Å²) in [6.07, 6.45) is 1.08. The van der Waals surface area contributed by atoms with Crippen molar-refractivity contribution in [3.63, 3.8) is 0 Å². The molecule has 0 unspecified atom stereocenters. The summed E-state index contributed by atoms with van der Waals surface area (Å²) in [7, 11) is 1.60. The first-order valence-corrected chi connectivity index (χ1v) is 6.64. The van der Waals surface area contributed by atoms with Gasteiger partial charge in [0.25, 0.3) is 5.91 Å². The maximum absolute atomic E-state index is 12.6. The summed E-state index contributed by atoms with van der Waals surface area (Å²) in [6.45, 7) is 0. The molecule has 0 spiro atoms. The number of amides is 1. The van der Waals surface area contributed by atoms with Gasteiger partial charge in [-0.2, -0.15) is 0 Å². The van der Waals surface area contributed by atoms with Crippen LogP contribution in [0.3, 0.4) is 0 Å². The highest BCUT2D eigenvalue weighted by Gasteiger charge is 2.27. The van der Waals surface area contributed by atoms with E-state index < -0.39 is 5.97 Å². The fourth-order valence-corrected chi connectivity index (χ4v) is 2.64. The van der Waals surface area contributed by atoms with Gasteiger partial charge in [-0.05, 0) is 29.3 Å². The van der Waals surface area contributed by atoms with Gasteiger partial charge in [0, 0.05) is 30.3 Å². The van der Waals surface area contributed by atoms with E-state index in [4.69, 9.17) is 0 Å². The van der Waals surface area contributed by atoms with Crippen LogP contribution in [-0.4, -0.2) is 29.1 Å². The molecule has 0 bridgehead atoms. The predicted molar refractivity (Wildman–Crippen MR) is 82.0 cm³/mol. The fraction of sp³-hybridized carbons (Fsp3) is 0.0588. The lowest BCUT2D eigenvalue weighted by Gasteiger charge is -2.18. The number of carbonyl (C=O) groups excluding carboxylic acids is 1. The van der Waals surface area contributed by atoms with Gasteiger partial charge in [0.2, 0.25) is 0 Å². The molecule has 0 saturated carbocycles. The van der Waals surface area contributed by atoms with E-state index in [-0.39, 0.29) is 11.7 Å². The van der Waals surface area contributed by atoms with E-state index in [1.807, 2.05) is 0 Å². The number of phenolic OH excluding ortho intramolecular Hbond substituents is 1. The Bertz CT molecular complexity index is 823. The Labute approximate surface area is 126 Å². The van der Waals surface area contributed by atoms with Crippen LogP contribution in [0.25, 0.3) is 5.57 Å². The Morgan fingerprint density at radius 1 is 1.09 bits per heavy atom. The Morgan fingerprint density at radius 3 is 2.45 bits per heavy atom. The molecule has 0 aromatic heterocycles. The molecule has 0 radical (unpaired) electrons. The molecular weight excluding hydrogens is 282 g/mol. The molecule has 2 N–H and O–H groups in total. The SMILES string of the molecule is CN1C(=O)c2ccccc2/C(=C/C(=O)O)c2ccc(O)cc21. The third-order valence-corrected chi connectivity index (χ3v) is 3.65. The lowest BCUT2D eigenvalue weighted by Crippen LogP contribution is -2.26. The molecule has 2 aromatic rings. The van der Waals surface area contributed by atoms with Crippen molar-refractivity contribution in [1.82, 2.24) is 0 Å². The second-order valence-electron chi connectivity index (χ2n) is 5.01. The van der Waals surface area contributed by atoms with Gasteiger partial charge in [-0.15, -0.1) is 0 Å². The van der Waals surface area contributed by atoms with Gasteiger partial charge in [-0.1, -0.05) is 18.2 Å². The number of hydrogen-bond acceptors (Lipinski definition) is 3. The molecular formula is C17H13NO4. The maximum Gasteiger partial charge on any atom is 0.328 e. The van der Waals surface area contributed by atoms with E-state index >= 15 is 0 Å². The summed E-state index contributed by atoms with van der Waals surface area (Å²) < 4.78 is 0. The molecule has 0 saturated heterocycles. The quantitative estimate of drug-likeness (QED) is 0.792. The molecule has 22 heavy (non-hydrogen) atoms. The van der Waals surface area contributed by atoms with Crippen LogP contribution in [-0.2, 0) is 4.79 Å². The number of carboxylic acid groups (broad SMARTS) is 1. The molecule has 0 aliphatic carbocycles. The van der Waals surface area contributed by atoms with Crippen LogP contribution < -0.4 is 4.90 Å². The summed E-state index contributed by atoms with van der Waals surface area (Å²) >= 11 is 0. The lowest BCUT2D eigenvalue weighted by molar-refractivity contribution is -0.131. The molecule has 5 nitrogen and oxygen atoms in total. The van der Waals surface area contributed by atoms with Gasteiger partial charge in [-0.3, -0.25) is 4.79 Å². The van der Waals surface area contributed by atoms with Crippen molar-refractivity contribution in [2.45, 2.75) is 0 Å². The number of rotatable bonds is 1. The first-order valence-electron chi connectivity index (χ1n) is 6.64. The molecule has 3 rings (SSSR count). The minimum Gasteiger partial charge on any atom is -0.508 e. The average Bonchev–Trinajstić information content (AvgIpc) is 2.58. The summed E-state index contributed by atoms with van der Waals surface area (Å²) in [6, 6.07) is 11.4. The summed E-state index contributed by atoms with van der Waals surface area (Å²) in [5, 5.41) is 18.9. The standard InChI is InChI=1S/C17H13NO4/c1-18-15-8-10(19)6-7-12(15)14(9-16(20)21)11-4-2-3-5-13(11)17(18)22/h2-9,19H,1H3,(H,20,21)/b14-9-. The largest absolute Gasteiger partial charge is 0.508 e. The average molecular weight is 295 g/mol. The molecule has 1 heterocycles. The van der Waals surface area contributed by atoms with Gasteiger partial charge in [-0.25, -0.2) is 4.79 Å². The highest BCUT2D eigenvalue weighted by atomic mass is 16.4. The normalized spacial score (nSPS) is 15.2. The van der Waals surface area contributed by atoms with Gasteiger partial charge in [0.05, 0.1) is 5.69 Å². The van der Waals surface area contributed by atoms with E-state index in [0.717, 1.165) is 6.08 Å². The van der Waals surface area contributed by atoms with E-state index in [2.05, 4.69) is 0 Å². The number of anilines is 1. The van der Waals surface area contributed by atoms with Crippen LogP contribution >= 0.6 is 0 Å². The molecule has 1 aliphatic rings. The third kappa shape index (κ3) is 2.13. The topological polar surface area (TPSA) is 77.8 Å². The van der Waals surface area contributed by atoms with Crippen LogP contribution in [0.15, 0.2) is 48.5 Å². The number of aliphatic carboxylic acids is 1. The molecule has 110 valence electrons. The van der Waals surface area contributed by atoms with Gasteiger partial charge in [0.15, 0.2) is 0 Å². The monoisotopic (exact) mass is 295 g/mol. The number of carbonyl (C=O) groups is 2. The van der Waals surface area contributed by atoms with E-state index in [0.29, 0.717) is 28.0 Å². The number of aromatic hydroxyl groups is 1. The molecule has 0 fully saturated rings. The van der Waals surface area contributed by atoms with Crippen molar-refractivity contribution in [1.29, 1.82) is 0 Å². The van der Waals surface area contributed by atoms with Crippen LogP contribution in [0, 0.1) is 0 Å². The molecule has 2 aromatic carbocycles. The van der Waals surface area contributed by atoms with E-state index in [1.54, 1.807) is 37.4 Å². The number of hydrogen-bond donors (Lipinski definition) is 2. The van der Waals surface area contributed by atoms with Crippen LogP contribution in [0.5, 0.6) is 5.75 Å². The second-order valence-corrected chi connectivity index (χ2v) is 5.01. The first-order chi connectivity index (χ1) is 10.5. The van der Waals surface area contributed by atoms with E-state index in [9.17, 15) is 19.8 Å². The van der Waals surface area contributed by atoms with Crippen molar-refractivity contribution in [3.8, 4) is 5.75 Å². The van der Waals surface area contributed by atoms with Crippen LogP contribution in [0.1, 0.15) is 21.5 Å². The van der Waals surface area contributed by atoms with Gasteiger partial charge < -0.3 is 15.1 Å². The van der Waals surface area contributed by atoms with Crippen molar-refractivity contribution < 1.29 is 19.8 Å². The van der Waals surface area contributed by atoms with E-state index in [1.165, 1.54) is 17.0 Å². The van der Waals surface area contributed by atoms with Crippen molar-refractivity contribution >= 4 is 23.1 Å². The Balaban J connectivity index is 2.40. The zero-order valence-corrected chi connectivity index (χ0v) is 11.8. The molecule has 0 atom stereocenters. The molecule has 1 amide bonds. The van der Waals surface area contributed by atoms with Crippen molar-refractivity contribution in [2.24, 2.45) is 0 Å². The molecule has 1 aliphatic heterocycles. The number of phenols is 1. The summed E-state index contributed by atoms with van der Waals surface area (Å²) in [5.74, 6) is -1.34. The zero-order chi connectivity index (χ0) is 15.9. The highest BCUT2D eigenvalue weighted by Crippen LogP contribution is 2.38. The zero-order valence-electron chi connectivity index (χ0n) is 11.8. The van der Waals surface area contributed by atoms with Gasteiger partial charge in [0.1, 0.15) is 5.75 Å². The summed E-state index contributed by atoms with van der Waals surface area (Å²) in [4.78, 5) is 25.2. The number of nitrogens with zero attached hydrogens (tertiary/aromatic N) is 1.